The van der Waals surface area contributed by atoms with Crippen LogP contribution in [0.15, 0.2) is 73.0 Å². The van der Waals surface area contributed by atoms with Gasteiger partial charge in [-0.3, -0.25) is 10.1 Å². The molecule has 2 amide bonds. The van der Waals surface area contributed by atoms with Crippen LogP contribution < -0.4 is 11.1 Å². The van der Waals surface area contributed by atoms with Crippen LogP contribution in [-0.2, 0) is 0 Å². The van der Waals surface area contributed by atoms with Gasteiger partial charge in [0.1, 0.15) is 5.69 Å². The molecule has 186 valence electrons. The highest BCUT2D eigenvalue weighted by atomic mass is 16.2. The Labute approximate surface area is 213 Å². The third-order valence-electron chi connectivity index (χ3n) is 6.07. The Morgan fingerprint density at radius 2 is 2.00 bits per heavy atom. The van der Waals surface area contributed by atoms with Crippen molar-refractivity contribution in [2.45, 2.75) is 13.3 Å². The molecule has 10 heteroatoms. The van der Waals surface area contributed by atoms with Gasteiger partial charge < -0.3 is 20.9 Å². The lowest BCUT2D eigenvalue weighted by Crippen LogP contribution is -2.33. The Balaban J connectivity index is 1.56. The number of nitrogens with two attached hydrogens (primary N) is 1. The summed E-state index contributed by atoms with van der Waals surface area (Å²) in [5.74, 6) is 0.667. The average molecular weight is 494 g/mol. The number of nitrogens with one attached hydrogen (secondary N) is 3. The average Bonchev–Trinajstić information content (AvgIpc) is 3.54. The number of rotatable bonds is 6. The van der Waals surface area contributed by atoms with Crippen molar-refractivity contribution >= 4 is 33.7 Å². The molecule has 1 aromatic carbocycles. The number of hydrogen-bond donors (Lipinski definition) is 4. The van der Waals surface area contributed by atoms with Gasteiger partial charge in [0.25, 0.3) is 0 Å². The Morgan fingerprint density at radius 3 is 2.73 bits per heavy atom. The maximum absolute atomic E-state index is 12.1. The van der Waals surface area contributed by atoms with Crippen LogP contribution in [0.25, 0.3) is 50.3 Å². The number of aromatic nitrogens is 6. The summed E-state index contributed by atoms with van der Waals surface area (Å²) in [5, 5.41) is 11.1. The van der Waals surface area contributed by atoms with Gasteiger partial charge in [0.15, 0.2) is 11.5 Å². The lowest BCUT2D eigenvalue weighted by atomic mass is 10.0. The molecule has 0 aliphatic heterocycles. The third-order valence-corrected chi connectivity index (χ3v) is 6.07. The van der Waals surface area contributed by atoms with E-state index in [1.807, 2.05) is 49.4 Å². The molecule has 0 bridgehead atoms. The highest BCUT2D eigenvalue weighted by Gasteiger charge is 2.16. The summed E-state index contributed by atoms with van der Waals surface area (Å²) in [6, 6.07) is 11.7. The van der Waals surface area contributed by atoms with Gasteiger partial charge in [-0.05, 0) is 53.5 Å². The maximum Gasteiger partial charge on any atom is 0.321 e. The number of imidazole rings is 1. The molecular formula is C27H27N9O. The van der Waals surface area contributed by atoms with Crippen LogP contribution in [0.4, 0.5) is 4.79 Å². The Kier molecular flexibility index (Phi) is 6.38. The van der Waals surface area contributed by atoms with Crippen LogP contribution in [0.5, 0.6) is 0 Å². The lowest BCUT2D eigenvalue weighted by Gasteiger charge is -2.13. The SMILES string of the molecule is CC/C(=C\C(=C/N)NC(=O)N(C)C)c1cnc2n[nH]c(-c3nc4c(-c5ccncc5)cccc4[nH]3)c2c1. The number of pyridine rings is 2. The molecule has 0 aliphatic rings. The second-order valence-corrected chi connectivity index (χ2v) is 8.69. The van der Waals surface area contributed by atoms with Crippen molar-refractivity contribution in [3.8, 4) is 22.6 Å². The molecule has 5 rings (SSSR count). The molecule has 5 aromatic rings. The van der Waals surface area contributed by atoms with Crippen molar-refractivity contribution in [1.82, 2.24) is 40.3 Å². The van der Waals surface area contributed by atoms with Crippen LogP contribution in [0.2, 0.25) is 0 Å². The minimum Gasteiger partial charge on any atom is -0.403 e. The first-order valence-corrected chi connectivity index (χ1v) is 11.8. The fourth-order valence-electron chi connectivity index (χ4n) is 4.11. The van der Waals surface area contributed by atoms with E-state index in [0.717, 1.165) is 44.4 Å². The van der Waals surface area contributed by atoms with Gasteiger partial charge in [0, 0.05) is 44.4 Å². The Morgan fingerprint density at radius 1 is 1.19 bits per heavy atom. The van der Waals surface area contributed by atoms with Gasteiger partial charge in [-0.25, -0.2) is 14.8 Å². The van der Waals surface area contributed by atoms with Gasteiger partial charge in [-0.1, -0.05) is 19.1 Å². The minimum atomic E-state index is -0.259. The largest absolute Gasteiger partial charge is 0.403 e. The number of carbonyl (C=O) groups is 1. The lowest BCUT2D eigenvalue weighted by molar-refractivity contribution is 0.220. The number of H-pyrrole nitrogens is 2. The molecule has 4 heterocycles. The van der Waals surface area contributed by atoms with E-state index in [9.17, 15) is 4.79 Å². The van der Waals surface area contributed by atoms with Gasteiger partial charge in [-0.15, -0.1) is 0 Å². The molecule has 0 atom stereocenters. The number of allylic oxidation sites excluding steroid dienone is 2. The summed E-state index contributed by atoms with van der Waals surface area (Å²) >= 11 is 0. The Bertz CT molecular complexity index is 1640. The molecule has 10 nitrogen and oxygen atoms in total. The zero-order valence-corrected chi connectivity index (χ0v) is 20.8. The van der Waals surface area contributed by atoms with Crippen molar-refractivity contribution in [1.29, 1.82) is 0 Å². The number of carbonyl (C=O) groups excluding carboxylic acids is 1. The first-order valence-electron chi connectivity index (χ1n) is 11.8. The number of benzene rings is 1. The van der Waals surface area contributed by atoms with Crippen molar-refractivity contribution in [3.05, 3.63) is 78.5 Å². The van der Waals surface area contributed by atoms with Gasteiger partial charge >= 0.3 is 6.03 Å². The molecular weight excluding hydrogens is 466 g/mol. The molecule has 0 fully saturated rings. The quantitative estimate of drug-likeness (QED) is 0.258. The summed E-state index contributed by atoms with van der Waals surface area (Å²) < 4.78 is 0. The molecule has 4 aromatic heterocycles. The second-order valence-electron chi connectivity index (χ2n) is 8.69. The molecule has 0 radical (unpaired) electrons. The smallest absolute Gasteiger partial charge is 0.321 e. The zero-order valence-electron chi connectivity index (χ0n) is 20.8. The molecule has 37 heavy (non-hydrogen) atoms. The predicted octanol–water partition coefficient (Wildman–Crippen LogP) is 4.43. The van der Waals surface area contributed by atoms with Crippen LogP contribution in [0.1, 0.15) is 18.9 Å². The van der Waals surface area contributed by atoms with Crippen molar-refractivity contribution in [3.63, 3.8) is 0 Å². The van der Waals surface area contributed by atoms with E-state index < -0.39 is 0 Å². The summed E-state index contributed by atoms with van der Waals surface area (Å²) in [4.78, 5) is 30.6. The predicted molar refractivity (Wildman–Crippen MR) is 145 cm³/mol. The van der Waals surface area contributed by atoms with E-state index in [-0.39, 0.29) is 6.03 Å². The molecule has 0 saturated carbocycles. The number of urea groups is 1. The standard InChI is InChI=1S/C27H27N9O/c1-4-16(12-19(14-28)31-27(37)36(2)3)18-13-21-24(34-35-25(21)30-15-18)26-32-22-7-5-6-20(23(22)33-26)17-8-10-29-11-9-17/h5-15H,4,28H2,1-3H3,(H,31,37)(H,32,33)(H,30,34,35)/b16-12+,19-14+. The van der Waals surface area contributed by atoms with Gasteiger partial charge in [-0.2, -0.15) is 5.10 Å². The number of nitrogens with zero attached hydrogens (tertiary/aromatic N) is 5. The van der Waals surface area contributed by atoms with Crippen LogP contribution in [0.3, 0.4) is 0 Å². The fourth-order valence-corrected chi connectivity index (χ4v) is 4.11. The fraction of sp³-hybridized carbons (Fsp3) is 0.148. The summed E-state index contributed by atoms with van der Waals surface area (Å²) in [7, 11) is 3.34. The van der Waals surface area contributed by atoms with Crippen molar-refractivity contribution in [2.75, 3.05) is 14.1 Å². The minimum absolute atomic E-state index is 0.259. The van der Waals surface area contributed by atoms with Crippen LogP contribution >= 0.6 is 0 Å². The van der Waals surface area contributed by atoms with E-state index in [1.54, 1.807) is 32.7 Å². The number of hydrogen-bond acceptors (Lipinski definition) is 6. The first kappa shape index (κ1) is 23.7. The first-order chi connectivity index (χ1) is 18.0. The highest BCUT2D eigenvalue weighted by Crippen LogP contribution is 2.32. The molecule has 0 unspecified atom stereocenters. The number of aromatic amines is 2. The Hall–Kier alpha value is -4.99. The van der Waals surface area contributed by atoms with E-state index in [2.05, 4.69) is 30.5 Å². The molecule has 0 aliphatic carbocycles. The van der Waals surface area contributed by atoms with Crippen molar-refractivity contribution in [2.24, 2.45) is 5.73 Å². The van der Waals surface area contributed by atoms with E-state index >= 15 is 0 Å². The van der Waals surface area contributed by atoms with E-state index in [4.69, 9.17) is 10.7 Å². The monoisotopic (exact) mass is 493 g/mol. The number of para-hydroxylation sites is 1. The van der Waals surface area contributed by atoms with Gasteiger partial charge in [0.05, 0.1) is 22.1 Å². The van der Waals surface area contributed by atoms with Crippen LogP contribution in [0, 0.1) is 0 Å². The highest BCUT2D eigenvalue weighted by molar-refractivity contribution is 5.97. The van der Waals surface area contributed by atoms with E-state index in [1.165, 1.54) is 11.1 Å². The normalized spacial score (nSPS) is 12.3. The van der Waals surface area contributed by atoms with Crippen molar-refractivity contribution < 1.29 is 4.79 Å². The summed E-state index contributed by atoms with van der Waals surface area (Å²) in [6.45, 7) is 2.04. The molecule has 0 spiro atoms. The molecule has 0 saturated heterocycles. The number of fused-ring (bicyclic) bond motifs is 2. The van der Waals surface area contributed by atoms with Crippen LogP contribution in [-0.4, -0.2) is 55.2 Å². The number of amides is 2. The summed E-state index contributed by atoms with van der Waals surface area (Å²) in [6.07, 6.45) is 9.24. The maximum atomic E-state index is 12.1. The van der Waals surface area contributed by atoms with Gasteiger partial charge in [0.2, 0.25) is 0 Å². The zero-order chi connectivity index (χ0) is 25.9. The topological polar surface area (TPSA) is 142 Å². The summed E-state index contributed by atoms with van der Waals surface area (Å²) in [5.41, 5.74) is 13.3. The molecule has 5 N–H and O–H groups in total. The van der Waals surface area contributed by atoms with E-state index in [0.29, 0.717) is 23.6 Å². The third kappa shape index (κ3) is 4.64. The second kappa shape index (κ2) is 9.94.